The molecule has 2 aromatic carbocycles. The lowest BCUT2D eigenvalue weighted by Crippen LogP contribution is -2.06. The summed E-state index contributed by atoms with van der Waals surface area (Å²) >= 11 is 0. The van der Waals surface area contributed by atoms with Gasteiger partial charge >= 0.3 is 0 Å². The molecule has 0 aliphatic heterocycles. The molecule has 2 heterocycles. The standard InChI is InChI=1S/C24H26N4O/c1-3-28-21-10-6-5-9-20(21)26-24(28)19-14-12-18(13-15-19)8-4-7-11-23(29)22-16-17-25-27(22)2/h5-6,9-10,12-17H,3-4,7-8,11H2,1-2H3. The number of aryl methyl sites for hydroxylation is 3. The van der Waals surface area contributed by atoms with Crippen LogP contribution >= 0.6 is 0 Å². The molecular weight excluding hydrogens is 360 g/mol. The number of imidazole rings is 1. The lowest BCUT2D eigenvalue weighted by molar-refractivity contribution is 0.0970. The van der Waals surface area contributed by atoms with E-state index in [0.717, 1.165) is 42.7 Å². The molecule has 0 saturated heterocycles. The van der Waals surface area contributed by atoms with E-state index in [0.29, 0.717) is 12.1 Å². The molecule has 148 valence electrons. The minimum absolute atomic E-state index is 0.166. The Bertz CT molecular complexity index is 1120. The van der Waals surface area contributed by atoms with E-state index in [1.54, 1.807) is 16.9 Å². The van der Waals surface area contributed by atoms with Gasteiger partial charge in [0.05, 0.1) is 11.0 Å². The Labute approximate surface area is 171 Å². The lowest BCUT2D eigenvalue weighted by atomic mass is 10.0. The zero-order chi connectivity index (χ0) is 20.2. The maximum Gasteiger partial charge on any atom is 0.180 e. The van der Waals surface area contributed by atoms with Crippen LogP contribution in [0.25, 0.3) is 22.4 Å². The van der Waals surface area contributed by atoms with Gasteiger partial charge in [-0.05, 0) is 49.9 Å². The van der Waals surface area contributed by atoms with E-state index in [2.05, 4.69) is 59.1 Å². The number of nitrogens with zero attached hydrogens (tertiary/aromatic N) is 4. The van der Waals surface area contributed by atoms with E-state index >= 15 is 0 Å². The molecule has 0 aliphatic rings. The zero-order valence-corrected chi connectivity index (χ0v) is 17.0. The van der Waals surface area contributed by atoms with Gasteiger partial charge in [-0.2, -0.15) is 5.10 Å². The molecule has 2 aromatic heterocycles. The summed E-state index contributed by atoms with van der Waals surface area (Å²) in [7, 11) is 1.81. The van der Waals surface area contributed by atoms with Crippen molar-refractivity contribution < 1.29 is 4.79 Å². The molecule has 0 radical (unpaired) electrons. The number of rotatable bonds is 8. The molecule has 0 fully saturated rings. The first-order valence-electron chi connectivity index (χ1n) is 10.2. The number of carbonyl (C=O) groups is 1. The van der Waals surface area contributed by atoms with E-state index in [4.69, 9.17) is 4.98 Å². The molecule has 0 saturated carbocycles. The normalized spacial score (nSPS) is 11.2. The summed E-state index contributed by atoms with van der Waals surface area (Å²) < 4.78 is 3.90. The number of carbonyl (C=O) groups excluding carboxylic acids is 1. The summed E-state index contributed by atoms with van der Waals surface area (Å²) in [5.41, 5.74) is 5.32. The van der Waals surface area contributed by atoms with Crippen LogP contribution in [0.2, 0.25) is 0 Å². The zero-order valence-electron chi connectivity index (χ0n) is 17.0. The topological polar surface area (TPSA) is 52.7 Å². The fourth-order valence-corrected chi connectivity index (χ4v) is 3.83. The second-order valence-corrected chi connectivity index (χ2v) is 7.34. The highest BCUT2D eigenvalue weighted by Gasteiger charge is 2.11. The van der Waals surface area contributed by atoms with Crippen LogP contribution in [0, 0.1) is 0 Å². The molecule has 0 unspecified atom stereocenters. The number of fused-ring (bicyclic) bond motifs is 1. The van der Waals surface area contributed by atoms with E-state index in [1.165, 1.54) is 11.1 Å². The van der Waals surface area contributed by atoms with Crippen LogP contribution in [-0.4, -0.2) is 25.1 Å². The first-order valence-corrected chi connectivity index (χ1v) is 10.2. The number of benzene rings is 2. The van der Waals surface area contributed by atoms with Crippen molar-refractivity contribution in [2.45, 2.75) is 39.2 Å². The quantitative estimate of drug-likeness (QED) is 0.314. The first-order chi connectivity index (χ1) is 14.2. The number of hydrogen-bond donors (Lipinski definition) is 0. The molecular formula is C24H26N4O. The maximum atomic E-state index is 12.2. The van der Waals surface area contributed by atoms with Crippen molar-refractivity contribution >= 4 is 16.8 Å². The minimum atomic E-state index is 0.166. The summed E-state index contributed by atoms with van der Waals surface area (Å²) in [5.74, 6) is 1.18. The number of hydrogen-bond acceptors (Lipinski definition) is 3. The summed E-state index contributed by atoms with van der Waals surface area (Å²) in [4.78, 5) is 17.0. The third-order valence-corrected chi connectivity index (χ3v) is 5.41. The van der Waals surface area contributed by atoms with Crippen molar-refractivity contribution in [2.24, 2.45) is 7.05 Å². The van der Waals surface area contributed by atoms with Crippen LogP contribution in [0.4, 0.5) is 0 Å². The average molecular weight is 386 g/mol. The average Bonchev–Trinajstić information content (AvgIpc) is 3.34. The molecule has 0 amide bonds. The largest absolute Gasteiger partial charge is 0.324 e. The van der Waals surface area contributed by atoms with Gasteiger partial charge in [0, 0.05) is 31.8 Å². The number of para-hydroxylation sites is 2. The van der Waals surface area contributed by atoms with Crippen LogP contribution in [0.3, 0.4) is 0 Å². The van der Waals surface area contributed by atoms with Crippen LogP contribution in [0.5, 0.6) is 0 Å². The van der Waals surface area contributed by atoms with E-state index in [9.17, 15) is 4.79 Å². The van der Waals surface area contributed by atoms with Gasteiger partial charge < -0.3 is 4.57 Å². The van der Waals surface area contributed by atoms with E-state index in [1.807, 2.05) is 13.1 Å². The molecule has 0 spiro atoms. The molecule has 4 rings (SSSR count). The SMILES string of the molecule is CCn1c(-c2ccc(CCCCC(=O)c3ccnn3C)cc2)nc2ccccc21. The number of aromatic nitrogens is 4. The van der Waals surface area contributed by atoms with Crippen molar-refractivity contribution in [3.8, 4) is 11.4 Å². The Morgan fingerprint density at radius 2 is 1.79 bits per heavy atom. The van der Waals surface area contributed by atoms with Gasteiger partial charge in [0.25, 0.3) is 0 Å². The Balaban J connectivity index is 1.37. The van der Waals surface area contributed by atoms with E-state index in [-0.39, 0.29) is 5.78 Å². The molecule has 5 heteroatoms. The lowest BCUT2D eigenvalue weighted by Gasteiger charge is -2.07. The van der Waals surface area contributed by atoms with Gasteiger partial charge in [-0.1, -0.05) is 36.4 Å². The smallest absolute Gasteiger partial charge is 0.180 e. The molecule has 0 atom stereocenters. The second-order valence-electron chi connectivity index (χ2n) is 7.34. The van der Waals surface area contributed by atoms with Gasteiger partial charge in [-0.15, -0.1) is 0 Å². The highest BCUT2D eigenvalue weighted by molar-refractivity contribution is 5.94. The van der Waals surface area contributed by atoms with Gasteiger partial charge in [0.1, 0.15) is 11.5 Å². The summed E-state index contributed by atoms with van der Waals surface area (Å²) in [6.07, 6.45) is 5.09. The Hall–Kier alpha value is -3.21. The highest BCUT2D eigenvalue weighted by atomic mass is 16.1. The van der Waals surface area contributed by atoms with Crippen molar-refractivity contribution in [3.05, 3.63) is 72.1 Å². The first kappa shape index (κ1) is 19.1. The molecule has 0 bridgehead atoms. The monoisotopic (exact) mass is 386 g/mol. The number of unbranched alkanes of at least 4 members (excludes halogenated alkanes) is 1. The van der Waals surface area contributed by atoms with Crippen molar-refractivity contribution in [1.29, 1.82) is 0 Å². The Kier molecular flexibility index (Phi) is 5.56. The summed E-state index contributed by atoms with van der Waals surface area (Å²) in [6.45, 7) is 3.04. The van der Waals surface area contributed by atoms with Gasteiger partial charge in [0.15, 0.2) is 5.78 Å². The Morgan fingerprint density at radius 1 is 1.00 bits per heavy atom. The molecule has 4 aromatic rings. The summed E-state index contributed by atoms with van der Waals surface area (Å²) in [6, 6.07) is 18.7. The minimum Gasteiger partial charge on any atom is -0.324 e. The number of ketones is 1. The predicted octanol–water partition coefficient (Wildman–Crippen LogP) is 5.05. The van der Waals surface area contributed by atoms with Crippen molar-refractivity contribution in [3.63, 3.8) is 0 Å². The fraction of sp³-hybridized carbons (Fsp3) is 0.292. The van der Waals surface area contributed by atoms with Crippen molar-refractivity contribution in [1.82, 2.24) is 19.3 Å². The van der Waals surface area contributed by atoms with Crippen LogP contribution < -0.4 is 0 Å². The van der Waals surface area contributed by atoms with Gasteiger partial charge in [0.2, 0.25) is 0 Å². The highest BCUT2D eigenvalue weighted by Crippen LogP contribution is 2.25. The third-order valence-electron chi connectivity index (χ3n) is 5.41. The molecule has 0 N–H and O–H groups in total. The molecule has 5 nitrogen and oxygen atoms in total. The fourth-order valence-electron chi connectivity index (χ4n) is 3.83. The summed E-state index contributed by atoms with van der Waals surface area (Å²) in [5, 5.41) is 4.06. The van der Waals surface area contributed by atoms with Crippen molar-refractivity contribution in [2.75, 3.05) is 0 Å². The molecule has 29 heavy (non-hydrogen) atoms. The Morgan fingerprint density at radius 3 is 2.52 bits per heavy atom. The maximum absolute atomic E-state index is 12.2. The van der Waals surface area contributed by atoms with Gasteiger partial charge in [-0.25, -0.2) is 4.98 Å². The molecule has 0 aliphatic carbocycles. The van der Waals surface area contributed by atoms with Crippen LogP contribution in [0.15, 0.2) is 60.8 Å². The van der Waals surface area contributed by atoms with Crippen LogP contribution in [-0.2, 0) is 20.0 Å². The van der Waals surface area contributed by atoms with Gasteiger partial charge in [-0.3, -0.25) is 9.48 Å². The van der Waals surface area contributed by atoms with Crippen LogP contribution in [0.1, 0.15) is 42.2 Å². The third kappa shape index (κ3) is 3.99. The number of Topliss-reactive ketones (excluding diaryl/α,β-unsaturated/α-hetero) is 1. The second kappa shape index (κ2) is 8.43. The predicted molar refractivity (Wildman–Crippen MR) is 116 cm³/mol. The van der Waals surface area contributed by atoms with E-state index < -0.39 is 0 Å².